The lowest BCUT2D eigenvalue weighted by molar-refractivity contribution is -0.160. The molecule has 0 aliphatic carbocycles. The molecule has 134 valence electrons. The Morgan fingerprint density at radius 1 is 1.15 bits per heavy atom. The summed E-state index contributed by atoms with van der Waals surface area (Å²) in [6, 6.07) is 3.53. The Labute approximate surface area is 150 Å². The number of halogens is 2. The van der Waals surface area contributed by atoms with E-state index in [2.05, 4.69) is 40.9 Å². The molecule has 6 heteroatoms. The first kappa shape index (κ1) is 18.2. The number of nitrogens with zero attached hydrogens (tertiary/aromatic N) is 2. The first-order valence-corrected chi connectivity index (χ1v) is 8.34. The van der Waals surface area contributed by atoms with E-state index in [4.69, 9.17) is 9.47 Å². The van der Waals surface area contributed by atoms with Gasteiger partial charge < -0.3 is 9.47 Å². The smallest absolute Gasteiger partial charge is 0.222 e. The first-order valence-electron chi connectivity index (χ1n) is 8.34. The molecule has 1 aromatic carbocycles. The van der Waals surface area contributed by atoms with Crippen LogP contribution in [0.4, 0.5) is 8.78 Å². The van der Waals surface area contributed by atoms with E-state index in [1.54, 1.807) is 0 Å². The van der Waals surface area contributed by atoms with E-state index >= 15 is 0 Å². The Kier molecular flexibility index (Phi) is 6.05. The molecule has 0 spiro atoms. The standard InChI is InChI=1S/C20H18F2N2O2/c1-2-3-4-15-12-25-19(26-13-15)8-5-14-10-23-20(24-11-14)16-6-7-17(21)18(22)9-16/h3-4,6-7,9-11,15,19H,2,12-13H2,1H3/b4-3+/t15-,19-. The van der Waals surface area contributed by atoms with Gasteiger partial charge in [0.25, 0.3) is 0 Å². The molecule has 26 heavy (non-hydrogen) atoms. The van der Waals surface area contributed by atoms with Crippen LogP contribution in [-0.4, -0.2) is 29.5 Å². The fourth-order valence-corrected chi connectivity index (χ4v) is 2.36. The van der Waals surface area contributed by atoms with E-state index in [1.165, 1.54) is 18.5 Å². The lowest BCUT2D eigenvalue weighted by atomic mass is 10.1. The third-order valence-electron chi connectivity index (χ3n) is 3.73. The van der Waals surface area contributed by atoms with Gasteiger partial charge in [-0.3, -0.25) is 0 Å². The van der Waals surface area contributed by atoms with Crippen LogP contribution in [0.25, 0.3) is 11.4 Å². The molecule has 1 saturated heterocycles. The van der Waals surface area contributed by atoms with Gasteiger partial charge in [0.2, 0.25) is 6.29 Å². The van der Waals surface area contributed by atoms with Gasteiger partial charge in [-0.15, -0.1) is 0 Å². The number of hydrogen-bond acceptors (Lipinski definition) is 4. The number of benzene rings is 1. The Balaban J connectivity index is 1.61. The van der Waals surface area contributed by atoms with Gasteiger partial charge in [0.15, 0.2) is 17.5 Å². The van der Waals surface area contributed by atoms with Crippen LogP contribution in [0.15, 0.2) is 42.7 Å². The third-order valence-corrected chi connectivity index (χ3v) is 3.73. The Morgan fingerprint density at radius 2 is 1.88 bits per heavy atom. The summed E-state index contributed by atoms with van der Waals surface area (Å²) in [5, 5.41) is 0. The van der Waals surface area contributed by atoms with Crippen LogP contribution in [0.2, 0.25) is 0 Å². The fraction of sp³-hybridized carbons (Fsp3) is 0.300. The Bertz CT molecular complexity index is 833. The van der Waals surface area contributed by atoms with E-state index in [0.717, 1.165) is 18.6 Å². The molecule has 0 bridgehead atoms. The van der Waals surface area contributed by atoms with Crippen LogP contribution in [0.3, 0.4) is 0 Å². The second-order valence-electron chi connectivity index (χ2n) is 5.79. The zero-order valence-electron chi connectivity index (χ0n) is 14.3. The van der Waals surface area contributed by atoms with Crippen LogP contribution >= 0.6 is 0 Å². The summed E-state index contributed by atoms with van der Waals surface area (Å²) in [6.45, 7) is 3.22. The minimum atomic E-state index is -0.936. The number of hydrogen-bond donors (Lipinski definition) is 0. The maximum atomic E-state index is 13.3. The highest BCUT2D eigenvalue weighted by Gasteiger charge is 2.18. The van der Waals surface area contributed by atoms with Crippen molar-refractivity contribution < 1.29 is 18.3 Å². The zero-order valence-corrected chi connectivity index (χ0v) is 14.3. The van der Waals surface area contributed by atoms with E-state index in [1.807, 2.05) is 0 Å². The molecule has 1 aliphatic rings. The highest BCUT2D eigenvalue weighted by Crippen LogP contribution is 2.17. The summed E-state index contributed by atoms with van der Waals surface area (Å²) >= 11 is 0. The number of aromatic nitrogens is 2. The minimum absolute atomic E-state index is 0.256. The maximum absolute atomic E-state index is 13.3. The summed E-state index contributed by atoms with van der Waals surface area (Å²) in [5.41, 5.74) is 0.977. The highest BCUT2D eigenvalue weighted by molar-refractivity contribution is 5.55. The topological polar surface area (TPSA) is 44.2 Å². The monoisotopic (exact) mass is 356 g/mol. The van der Waals surface area contributed by atoms with Gasteiger partial charge in [-0.1, -0.05) is 25.0 Å². The van der Waals surface area contributed by atoms with Crippen molar-refractivity contribution in [2.24, 2.45) is 5.92 Å². The Hall–Kier alpha value is -2.62. The molecule has 1 aliphatic heterocycles. The van der Waals surface area contributed by atoms with Crippen LogP contribution in [0, 0.1) is 29.4 Å². The molecule has 0 amide bonds. The molecule has 2 heterocycles. The average molecular weight is 356 g/mol. The van der Waals surface area contributed by atoms with Crippen LogP contribution in [0.5, 0.6) is 0 Å². The van der Waals surface area contributed by atoms with E-state index < -0.39 is 17.9 Å². The quantitative estimate of drug-likeness (QED) is 0.621. The number of ether oxygens (including phenoxy) is 2. The van der Waals surface area contributed by atoms with Gasteiger partial charge in [-0.2, -0.15) is 0 Å². The molecule has 3 rings (SSSR count). The molecule has 1 aromatic heterocycles. The van der Waals surface area contributed by atoms with Crippen molar-refractivity contribution in [3.05, 3.63) is 59.9 Å². The van der Waals surface area contributed by atoms with Crippen molar-refractivity contribution in [2.75, 3.05) is 13.2 Å². The lowest BCUT2D eigenvalue weighted by Gasteiger charge is -2.24. The number of rotatable bonds is 3. The van der Waals surface area contributed by atoms with Gasteiger partial charge in [0.1, 0.15) is 0 Å². The molecule has 0 unspecified atom stereocenters. The molecule has 1 fully saturated rings. The van der Waals surface area contributed by atoms with Crippen LogP contribution in [0.1, 0.15) is 18.9 Å². The average Bonchev–Trinajstić information content (AvgIpc) is 2.68. The first-order chi connectivity index (χ1) is 12.7. The zero-order chi connectivity index (χ0) is 18.4. The number of allylic oxidation sites excluding steroid dienone is 1. The summed E-state index contributed by atoms with van der Waals surface area (Å²) in [5.74, 6) is 4.49. The van der Waals surface area contributed by atoms with Gasteiger partial charge in [-0.25, -0.2) is 18.7 Å². The summed E-state index contributed by atoms with van der Waals surface area (Å²) < 4.78 is 37.4. The molecule has 2 aromatic rings. The van der Waals surface area contributed by atoms with Crippen molar-refractivity contribution in [3.63, 3.8) is 0 Å². The molecule has 0 saturated carbocycles. The predicted octanol–water partition coefficient (Wildman–Crippen LogP) is 3.73. The summed E-state index contributed by atoms with van der Waals surface area (Å²) in [7, 11) is 0. The minimum Gasteiger partial charge on any atom is -0.341 e. The Morgan fingerprint density at radius 3 is 2.54 bits per heavy atom. The second kappa shape index (κ2) is 8.65. The molecule has 0 atom stereocenters. The third kappa shape index (κ3) is 4.72. The van der Waals surface area contributed by atoms with Gasteiger partial charge >= 0.3 is 0 Å². The lowest BCUT2D eigenvalue weighted by Crippen LogP contribution is -2.30. The molecular weight excluding hydrogens is 338 g/mol. The molecule has 0 N–H and O–H groups in total. The largest absolute Gasteiger partial charge is 0.341 e. The van der Waals surface area contributed by atoms with E-state index in [-0.39, 0.29) is 5.92 Å². The van der Waals surface area contributed by atoms with Crippen molar-refractivity contribution in [3.8, 4) is 23.2 Å². The molecule has 0 radical (unpaired) electrons. The van der Waals surface area contributed by atoms with Gasteiger partial charge in [0, 0.05) is 23.9 Å². The fourth-order valence-electron chi connectivity index (χ4n) is 2.36. The summed E-state index contributed by atoms with van der Waals surface area (Å²) in [4.78, 5) is 8.27. The summed E-state index contributed by atoms with van der Waals surface area (Å²) in [6.07, 6.45) is 7.63. The maximum Gasteiger partial charge on any atom is 0.222 e. The SMILES string of the molecule is CC/C=C/[C@H]1CO[C@H](C#Cc2cnc(-c3ccc(F)c(F)c3)nc2)OC1. The van der Waals surface area contributed by atoms with Crippen LogP contribution in [-0.2, 0) is 9.47 Å². The normalized spacial score (nSPS) is 20.0. The van der Waals surface area contributed by atoms with Crippen molar-refractivity contribution in [1.82, 2.24) is 9.97 Å². The van der Waals surface area contributed by atoms with Crippen molar-refractivity contribution >= 4 is 0 Å². The highest BCUT2D eigenvalue weighted by atomic mass is 19.2. The molecular formula is C20H18F2N2O2. The van der Waals surface area contributed by atoms with E-state index in [9.17, 15) is 8.78 Å². The molecule has 4 nitrogen and oxygen atoms in total. The van der Waals surface area contributed by atoms with Crippen molar-refractivity contribution in [1.29, 1.82) is 0 Å². The predicted molar refractivity (Wildman–Crippen MR) is 92.9 cm³/mol. The van der Waals surface area contributed by atoms with Gasteiger partial charge in [0.05, 0.1) is 18.8 Å². The van der Waals surface area contributed by atoms with Crippen LogP contribution < -0.4 is 0 Å². The van der Waals surface area contributed by atoms with Crippen molar-refractivity contribution in [2.45, 2.75) is 19.6 Å². The van der Waals surface area contributed by atoms with Gasteiger partial charge in [-0.05, 0) is 30.5 Å². The van der Waals surface area contributed by atoms with E-state index in [0.29, 0.717) is 30.2 Å². The second-order valence-corrected chi connectivity index (χ2v) is 5.79.